The molecule has 0 aromatic carbocycles. The molecular formula is C16H19N5O2. The second kappa shape index (κ2) is 6.29. The van der Waals surface area contributed by atoms with Crippen molar-refractivity contribution in [3.63, 3.8) is 0 Å². The standard InChI is InChI=1S/C16H19N5O2/c1-3-4-11-12(9-13(11)22)18-16(23)15-17-7-5-14(19-15)21-8-6-10(2)20-21/h3,5-8,11-13,22H,1,4,9H2,2H3,(H,18,23). The second-order valence-electron chi connectivity index (χ2n) is 5.71. The zero-order valence-corrected chi connectivity index (χ0v) is 12.9. The van der Waals surface area contributed by atoms with Crippen molar-refractivity contribution in [2.24, 2.45) is 5.92 Å². The Bertz CT molecular complexity index is 727. The first-order chi connectivity index (χ1) is 11.1. The van der Waals surface area contributed by atoms with Gasteiger partial charge >= 0.3 is 0 Å². The van der Waals surface area contributed by atoms with Crippen molar-refractivity contribution in [3.8, 4) is 5.82 Å². The number of hydrogen-bond acceptors (Lipinski definition) is 5. The lowest BCUT2D eigenvalue weighted by molar-refractivity contribution is -0.00662. The molecule has 1 aliphatic carbocycles. The van der Waals surface area contributed by atoms with Gasteiger partial charge in [0.05, 0.1) is 11.8 Å². The first kappa shape index (κ1) is 15.4. The van der Waals surface area contributed by atoms with E-state index in [9.17, 15) is 9.90 Å². The summed E-state index contributed by atoms with van der Waals surface area (Å²) in [7, 11) is 0. The first-order valence-electron chi connectivity index (χ1n) is 7.54. The number of nitrogens with one attached hydrogen (secondary N) is 1. The van der Waals surface area contributed by atoms with Crippen LogP contribution in [0.5, 0.6) is 0 Å². The fourth-order valence-electron chi connectivity index (χ4n) is 2.72. The molecule has 3 unspecified atom stereocenters. The van der Waals surface area contributed by atoms with Gasteiger partial charge in [-0.25, -0.2) is 14.6 Å². The minimum absolute atomic E-state index is 0.00778. The maximum absolute atomic E-state index is 12.3. The van der Waals surface area contributed by atoms with Gasteiger partial charge in [0.2, 0.25) is 5.82 Å². The summed E-state index contributed by atoms with van der Waals surface area (Å²) in [6.45, 7) is 5.56. The molecule has 23 heavy (non-hydrogen) atoms. The van der Waals surface area contributed by atoms with Crippen LogP contribution < -0.4 is 5.32 Å². The Kier molecular flexibility index (Phi) is 4.20. The maximum Gasteiger partial charge on any atom is 0.289 e. The van der Waals surface area contributed by atoms with E-state index in [0.717, 1.165) is 5.69 Å². The summed E-state index contributed by atoms with van der Waals surface area (Å²) in [6, 6.07) is 3.48. The Hall–Kier alpha value is -2.54. The van der Waals surface area contributed by atoms with Crippen LogP contribution in [0, 0.1) is 12.8 Å². The van der Waals surface area contributed by atoms with Crippen molar-refractivity contribution >= 4 is 5.91 Å². The van der Waals surface area contributed by atoms with Crippen LogP contribution in [0.3, 0.4) is 0 Å². The van der Waals surface area contributed by atoms with Crippen molar-refractivity contribution in [3.05, 3.63) is 48.7 Å². The molecule has 7 nitrogen and oxygen atoms in total. The number of aryl methyl sites for hydroxylation is 1. The highest BCUT2D eigenvalue weighted by Gasteiger charge is 2.40. The van der Waals surface area contributed by atoms with Crippen LogP contribution >= 0.6 is 0 Å². The Morgan fingerprint density at radius 3 is 3.04 bits per heavy atom. The maximum atomic E-state index is 12.3. The molecule has 1 fully saturated rings. The highest BCUT2D eigenvalue weighted by molar-refractivity contribution is 5.90. The lowest BCUT2D eigenvalue weighted by Gasteiger charge is -2.41. The van der Waals surface area contributed by atoms with Crippen LogP contribution in [-0.2, 0) is 0 Å². The number of carbonyl (C=O) groups excluding carboxylic acids is 1. The highest BCUT2D eigenvalue weighted by Crippen LogP contribution is 2.31. The quantitative estimate of drug-likeness (QED) is 0.804. The van der Waals surface area contributed by atoms with E-state index in [-0.39, 0.29) is 23.7 Å². The van der Waals surface area contributed by atoms with Crippen LogP contribution in [0.2, 0.25) is 0 Å². The van der Waals surface area contributed by atoms with Crippen LogP contribution in [0.1, 0.15) is 29.2 Å². The lowest BCUT2D eigenvalue weighted by atomic mass is 9.74. The summed E-state index contributed by atoms with van der Waals surface area (Å²) in [5, 5.41) is 16.9. The summed E-state index contributed by atoms with van der Waals surface area (Å²) in [6.07, 6.45) is 5.88. The average molecular weight is 313 g/mol. The molecule has 1 amide bonds. The van der Waals surface area contributed by atoms with Crippen molar-refractivity contribution < 1.29 is 9.90 Å². The number of nitrogens with zero attached hydrogens (tertiary/aromatic N) is 4. The highest BCUT2D eigenvalue weighted by atomic mass is 16.3. The third-order valence-corrected chi connectivity index (χ3v) is 4.06. The topological polar surface area (TPSA) is 92.9 Å². The molecule has 0 aliphatic heterocycles. The fraction of sp³-hybridized carbons (Fsp3) is 0.375. The predicted octanol–water partition coefficient (Wildman–Crippen LogP) is 1.03. The van der Waals surface area contributed by atoms with Gasteiger partial charge in [-0.15, -0.1) is 6.58 Å². The van der Waals surface area contributed by atoms with E-state index >= 15 is 0 Å². The van der Waals surface area contributed by atoms with E-state index < -0.39 is 6.10 Å². The third kappa shape index (κ3) is 3.14. The number of carbonyl (C=O) groups is 1. The monoisotopic (exact) mass is 313 g/mol. The van der Waals surface area contributed by atoms with E-state index in [1.165, 1.54) is 6.20 Å². The molecule has 0 radical (unpaired) electrons. The van der Waals surface area contributed by atoms with Crippen LogP contribution in [-0.4, -0.2) is 42.9 Å². The predicted molar refractivity (Wildman–Crippen MR) is 84.1 cm³/mol. The van der Waals surface area contributed by atoms with Crippen LogP contribution in [0.15, 0.2) is 37.2 Å². The Labute approximate surface area is 134 Å². The smallest absolute Gasteiger partial charge is 0.289 e. The molecule has 3 rings (SSSR count). The number of rotatable bonds is 5. The molecule has 7 heteroatoms. The van der Waals surface area contributed by atoms with Gasteiger partial charge in [-0.05, 0) is 25.8 Å². The summed E-state index contributed by atoms with van der Waals surface area (Å²) in [4.78, 5) is 20.6. The van der Waals surface area contributed by atoms with E-state index in [1.807, 2.05) is 13.0 Å². The van der Waals surface area contributed by atoms with Gasteiger partial charge in [0.25, 0.3) is 5.91 Å². The zero-order valence-electron chi connectivity index (χ0n) is 12.9. The summed E-state index contributed by atoms with van der Waals surface area (Å²) < 4.78 is 1.60. The average Bonchev–Trinajstić information content (AvgIpc) is 2.99. The van der Waals surface area contributed by atoms with Gasteiger partial charge in [-0.2, -0.15) is 5.10 Å². The molecule has 1 saturated carbocycles. The minimum Gasteiger partial charge on any atom is -0.393 e. The van der Waals surface area contributed by atoms with E-state index in [1.54, 1.807) is 23.0 Å². The van der Waals surface area contributed by atoms with Gasteiger partial charge in [0.1, 0.15) is 0 Å². The first-order valence-corrected chi connectivity index (χ1v) is 7.54. The number of amides is 1. The fourth-order valence-corrected chi connectivity index (χ4v) is 2.72. The molecule has 3 atom stereocenters. The van der Waals surface area contributed by atoms with Crippen LogP contribution in [0.25, 0.3) is 5.82 Å². The summed E-state index contributed by atoms with van der Waals surface area (Å²) in [5.41, 5.74) is 0.866. The lowest BCUT2D eigenvalue weighted by Crippen LogP contribution is -2.55. The summed E-state index contributed by atoms with van der Waals surface area (Å²) >= 11 is 0. The van der Waals surface area contributed by atoms with E-state index in [4.69, 9.17) is 0 Å². The molecule has 2 heterocycles. The van der Waals surface area contributed by atoms with Gasteiger partial charge in [0, 0.05) is 30.4 Å². The van der Waals surface area contributed by atoms with Gasteiger partial charge in [-0.3, -0.25) is 4.79 Å². The molecule has 0 spiro atoms. The normalized spacial score (nSPS) is 23.1. The van der Waals surface area contributed by atoms with Gasteiger partial charge in [-0.1, -0.05) is 6.08 Å². The third-order valence-electron chi connectivity index (χ3n) is 4.06. The number of hydrogen-bond donors (Lipinski definition) is 2. The second-order valence-corrected chi connectivity index (χ2v) is 5.71. The number of aliphatic hydroxyl groups excluding tert-OH is 1. The molecule has 2 aromatic rings. The van der Waals surface area contributed by atoms with Crippen molar-refractivity contribution in [2.75, 3.05) is 0 Å². The zero-order chi connectivity index (χ0) is 16.4. The number of aromatic nitrogens is 4. The van der Waals surface area contributed by atoms with E-state index in [0.29, 0.717) is 18.7 Å². The van der Waals surface area contributed by atoms with Gasteiger partial charge in [0.15, 0.2) is 5.82 Å². The Balaban J connectivity index is 1.72. The molecule has 0 saturated heterocycles. The summed E-state index contributed by atoms with van der Waals surface area (Å²) in [5.74, 6) is 0.291. The van der Waals surface area contributed by atoms with Crippen LogP contribution in [0.4, 0.5) is 0 Å². The van der Waals surface area contributed by atoms with Crippen molar-refractivity contribution in [2.45, 2.75) is 31.9 Å². The molecule has 1 aliphatic rings. The molecular weight excluding hydrogens is 294 g/mol. The van der Waals surface area contributed by atoms with Crippen molar-refractivity contribution in [1.29, 1.82) is 0 Å². The molecule has 0 bridgehead atoms. The Morgan fingerprint density at radius 2 is 2.39 bits per heavy atom. The number of aliphatic hydroxyl groups is 1. The molecule has 120 valence electrons. The van der Waals surface area contributed by atoms with Crippen molar-refractivity contribution in [1.82, 2.24) is 25.1 Å². The SMILES string of the molecule is C=CCC1C(O)CC1NC(=O)c1nccc(-n2ccc(C)n2)n1. The van der Waals surface area contributed by atoms with E-state index in [2.05, 4.69) is 27.0 Å². The molecule has 2 aromatic heterocycles. The number of allylic oxidation sites excluding steroid dienone is 1. The largest absolute Gasteiger partial charge is 0.393 e. The Morgan fingerprint density at radius 1 is 1.57 bits per heavy atom. The minimum atomic E-state index is -0.391. The molecule has 2 N–H and O–H groups in total. The van der Waals surface area contributed by atoms with Gasteiger partial charge < -0.3 is 10.4 Å².